The van der Waals surface area contributed by atoms with Crippen LogP contribution in [0.5, 0.6) is 0 Å². The van der Waals surface area contributed by atoms with Crippen molar-refractivity contribution in [3.63, 3.8) is 0 Å². The van der Waals surface area contributed by atoms with Crippen LogP contribution in [-0.4, -0.2) is 60.5 Å². The largest absolute Gasteiger partial charge is 0.368 e. The van der Waals surface area contributed by atoms with Crippen molar-refractivity contribution in [2.75, 3.05) is 32.8 Å². The van der Waals surface area contributed by atoms with Gasteiger partial charge in [0, 0.05) is 32.8 Å². The molecule has 3 rings (SSSR count). The Morgan fingerprint density at radius 1 is 0.963 bits per heavy atom. The van der Waals surface area contributed by atoms with E-state index in [-0.39, 0.29) is 17.9 Å². The van der Waals surface area contributed by atoms with Crippen molar-refractivity contribution in [1.29, 1.82) is 0 Å². The SMILES string of the molecule is Cc1cc(C)c(C)c(CC(=O)N2CCCN(C(=O)C3CCCO3)CC2)c1C. The highest BCUT2D eigenvalue weighted by Crippen LogP contribution is 2.23. The van der Waals surface area contributed by atoms with E-state index in [2.05, 4.69) is 33.8 Å². The van der Waals surface area contributed by atoms with Crippen LogP contribution in [0.25, 0.3) is 0 Å². The molecule has 2 fully saturated rings. The Labute approximate surface area is 162 Å². The van der Waals surface area contributed by atoms with Gasteiger partial charge in [0.25, 0.3) is 5.91 Å². The maximum Gasteiger partial charge on any atom is 0.251 e. The number of nitrogens with zero attached hydrogens (tertiary/aromatic N) is 2. The maximum absolute atomic E-state index is 13.0. The highest BCUT2D eigenvalue weighted by atomic mass is 16.5. The van der Waals surface area contributed by atoms with Crippen molar-refractivity contribution < 1.29 is 14.3 Å². The molecule has 1 unspecified atom stereocenters. The number of carbonyl (C=O) groups is 2. The van der Waals surface area contributed by atoms with Crippen LogP contribution in [0.1, 0.15) is 47.1 Å². The molecule has 27 heavy (non-hydrogen) atoms. The molecule has 0 aromatic heterocycles. The summed E-state index contributed by atoms with van der Waals surface area (Å²) in [5.41, 5.74) is 6.08. The Kier molecular flexibility index (Phi) is 6.20. The van der Waals surface area contributed by atoms with Gasteiger partial charge in [-0.25, -0.2) is 0 Å². The first-order valence-electron chi connectivity index (χ1n) is 10.1. The molecule has 2 aliphatic rings. The van der Waals surface area contributed by atoms with Crippen LogP contribution in [0.4, 0.5) is 0 Å². The van der Waals surface area contributed by atoms with Crippen molar-refractivity contribution in [2.45, 2.75) is 59.5 Å². The Morgan fingerprint density at radius 2 is 1.59 bits per heavy atom. The van der Waals surface area contributed by atoms with Gasteiger partial charge in [-0.2, -0.15) is 0 Å². The van der Waals surface area contributed by atoms with Gasteiger partial charge in [0.15, 0.2) is 0 Å². The zero-order valence-corrected chi connectivity index (χ0v) is 17.1. The quantitative estimate of drug-likeness (QED) is 0.820. The third-order valence-electron chi connectivity index (χ3n) is 6.21. The lowest BCUT2D eigenvalue weighted by molar-refractivity contribution is -0.141. The Balaban J connectivity index is 1.64. The average molecular weight is 373 g/mol. The van der Waals surface area contributed by atoms with Gasteiger partial charge >= 0.3 is 0 Å². The van der Waals surface area contributed by atoms with Crippen molar-refractivity contribution in [2.24, 2.45) is 0 Å². The van der Waals surface area contributed by atoms with E-state index >= 15 is 0 Å². The van der Waals surface area contributed by atoms with Crippen molar-refractivity contribution >= 4 is 11.8 Å². The number of aryl methyl sites for hydroxylation is 2. The van der Waals surface area contributed by atoms with Crippen LogP contribution < -0.4 is 0 Å². The summed E-state index contributed by atoms with van der Waals surface area (Å²) < 4.78 is 5.54. The molecule has 1 atom stereocenters. The summed E-state index contributed by atoms with van der Waals surface area (Å²) in [5, 5.41) is 0. The molecule has 0 N–H and O–H groups in total. The minimum atomic E-state index is -0.271. The van der Waals surface area contributed by atoms with Gasteiger partial charge in [-0.05, 0) is 74.8 Å². The highest BCUT2D eigenvalue weighted by Gasteiger charge is 2.30. The lowest BCUT2D eigenvalue weighted by Gasteiger charge is -2.25. The van der Waals surface area contributed by atoms with Crippen molar-refractivity contribution in [3.05, 3.63) is 33.9 Å². The number of rotatable bonds is 3. The third-order valence-corrected chi connectivity index (χ3v) is 6.21. The van der Waals surface area contributed by atoms with E-state index < -0.39 is 0 Å². The van der Waals surface area contributed by atoms with Crippen molar-refractivity contribution in [3.8, 4) is 0 Å². The highest BCUT2D eigenvalue weighted by molar-refractivity contribution is 5.82. The molecule has 5 heteroatoms. The van der Waals surface area contributed by atoms with E-state index in [0.717, 1.165) is 31.4 Å². The molecule has 0 radical (unpaired) electrons. The van der Waals surface area contributed by atoms with Gasteiger partial charge in [0.05, 0.1) is 6.42 Å². The summed E-state index contributed by atoms with van der Waals surface area (Å²) in [7, 11) is 0. The van der Waals surface area contributed by atoms with Gasteiger partial charge in [0.1, 0.15) is 6.10 Å². The van der Waals surface area contributed by atoms with E-state index in [1.54, 1.807) is 0 Å². The first-order valence-corrected chi connectivity index (χ1v) is 10.1. The molecular formula is C22H32N2O3. The molecule has 1 aromatic rings. The van der Waals surface area contributed by atoms with Crippen molar-refractivity contribution in [1.82, 2.24) is 9.80 Å². The summed E-state index contributed by atoms with van der Waals surface area (Å²) in [6.07, 6.45) is 2.79. The summed E-state index contributed by atoms with van der Waals surface area (Å²) in [4.78, 5) is 29.4. The second kappa shape index (κ2) is 8.42. The van der Waals surface area contributed by atoms with E-state index in [9.17, 15) is 9.59 Å². The first kappa shape index (κ1) is 19.9. The zero-order valence-electron chi connectivity index (χ0n) is 17.1. The van der Waals surface area contributed by atoms with E-state index in [1.165, 1.54) is 22.3 Å². The fourth-order valence-electron chi connectivity index (χ4n) is 4.19. The third kappa shape index (κ3) is 4.34. The summed E-state index contributed by atoms with van der Waals surface area (Å²) in [5.74, 6) is 0.264. The second-order valence-electron chi connectivity index (χ2n) is 7.98. The normalized spacial score (nSPS) is 20.7. The molecule has 0 bridgehead atoms. The minimum Gasteiger partial charge on any atom is -0.368 e. The molecule has 2 aliphatic heterocycles. The zero-order chi connectivity index (χ0) is 19.6. The van der Waals surface area contributed by atoms with Crippen LogP contribution in [-0.2, 0) is 20.7 Å². The lowest BCUT2D eigenvalue weighted by Crippen LogP contribution is -2.42. The van der Waals surface area contributed by atoms with Crippen LogP contribution in [0, 0.1) is 27.7 Å². The van der Waals surface area contributed by atoms with Gasteiger partial charge in [-0.15, -0.1) is 0 Å². The standard InChI is InChI=1S/C22H32N2O3/c1-15-13-16(2)18(4)19(17(15)3)14-21(25)23-8-6-9-24(11-10-23)22(26)20-7-5-12-27-20/h13,20H,5-12,14H2,1-4H3. The fourth-order valence-corrected chi connectivity index (χ4v) is 4.19. The molecule has 2 amide bonds. The predicted molar refractivity (Wildman–Crippen MR) is 106 cm³/mol. The first-order chi connectivity index (χ1) is 12.9. The molecule has 148 valence electrons. The van der Waals surface area contributed by atoms with Crippen LogP contribution in [0.15, 0.2) is 6.07 Å². The monoisotopic (exact) mass is 372 g/mol. The fraction of sp³-hybridized carbons (Fsp3) is 0.636. The minimum absolute atomic E-state index is 0.0998. The van der Waals surface area contributed by atoms with Crippen LogP contribution in [0.3, 0.4) is 0 Å². The van der Waals surface area contributed by atoms with E-state index in [4.69, 9.17) is 4.74 Å². The summed E-state index contributed by atoms with van der Waals surface area (Å²) >= 11 is 0. The molecule has 2 heterocycles. The summed E-state index contributed by atoms with van der Waals surface area (Å²) in [6, 6.07) is 2.19. The predicted octanol–water partition coefficient (Wildman–Crippen LogP) is 2.70. The molecule has 5 nitrogen and oxygen atoms in total. The van der Waals surface area contributed by atoms with Crippen LogP contribution in [0.2, 0.25) is 0 Å². The van der Waals surface area contributed by atoms with Gasteiger partial charge < -0.3 is 14.5 Å². The maximum atomic E-state index is 13.0. The lowest BCUT2D eigenvalue weighted by atomic mass is 9.92. The van der Waals surface area contributed by atoms with Gasteiger partial charge in [-0.3, -0.25) is 9.59 Å². The molecule has 0 spiro atoms. The number of hydrogen-bond acceptors (Lipinski definition) is 3. The average Bonchev–Trinajstić information content (AvgIpc) is 3.07. The van der Waals surface area contributed by atoms with E-state index in [0.29, 0.717) is 32.7 Å². The number of carbonyl (C=O) groups excluding carboxylic acids is 2. The number of amides is 2. The summed E-state index contributed by atoms with van der Waals surface area (Å²) in [6.45, 7) is 11.8. The smallest absolute Gasteiger partial charge is 0.251 e. The molecular weight excluding hydrogens is 340 g/mol. The molecule has 0 aliphatic carbocycles. The number of ether oxygens (including phenoxy) is 1. The van der Waals surface area contributed by atoms with Gasteiger partial charge in [-0.1, -0.05) is 6.07 Å². The molecule has 0 saturated carbocycles. The van der Waals surface area contributed by atoms with E-state index in [1.807, 2.05) is 9.80 Å². The molecule has 2 saturated heterocycles. The Hall–Kier alpha value is -1.88. The topological polar surface area (TPSA) is 49.9 Å². The van der Waals surface area contributed by atoms with Crippen LogP contribution >= 0.6 is 0 Å². The number of benzene rings is 1. The Bertz CT molecular complexity index is 697. The second-order valence-corrected chi connectivity index (χ2v) is 7.98. The van der Waals surface area contributed by atoms with Gasteiger partial charge in [0.2, 0.25) is 5.91 Å². The number of hydrogen-bond donors (Lipinski definition) is 0. The Morgan fingerprint density at radius 3 is 2.22 bits per heavy atom. The molecule has 1 aromatic carbocycles.